The number of furan rings is 1. The van der Waals surface area contributed by atoms with Crippen molar-refractivity contribution in [2.24, 2.45) is 7.05 Å². The minimum atomic E-state index is -0.0782. The largest absolute Gasteiger partial charge is 0.461 e. The Hall–Kier alpha value is -1.55. The fourth-order valence-electron chi connectivity index (χ4n) is 1.77. The lowest BCUT2D eigenvalue weighted by atomic mass is 10.1. The Morgan fingerprint density at radius 1 is 1.53 bits per heavy atom. The van der Waals surface area contributed by atoms with E-state index in [0.717, 1.165) is 16.8 Å². The van der Waals surface area contributed by atoms with Crippen LogP contribution in [0, 0.1) is 13.8 Å². The van der Waals surface area contributed by atoms with Crippen molar-refractivity contribution in [3.63, 3.8) is 0 Å². The van der Waals surface area contributed by atoms with Gasteiger partial charge in [0.15, 0.2) is 5.76 Å². The van der Waals surface area contributed by atoms with Gasteiger partial charge in [0.2, 0.25) is 5.78 Å². The van der Waals surface area contributed by atoms with Crippen LogP contribution in [0.15, 0.2) is 16.7 Å². The number of aryl methyl sites for hydroxylation is 3. The van der Waals surface area contributed by atoms with Gasteiger partial charge in [-0.05, 0) is 25.5 Å². The summed E-state index contributed by atoms with van der Waals surface area (Å²) < 4.78 is 6.73. The van der Waals surface area contributed by atoms with E-state index in [2.05, 4.69) is 5.10 Å². The van der Waals surface area contributed by atoms with Crippen LogP contribution >= 0.6 is 11.6 Å². The number of Topliss-reactive ketones (excluding diaryl/α,β-unsaturated/α-hetero) is 1. The number of aromatic nitrogens is 2. The van der Waals surface area contributed by atoms with Gasteiger partial charge in [-0.3, -0.25) is 9.48 Å². The minimum absolute atomic E-state index is 0.0782. The predicted molar refractivity (Wildman–Crippen MR) is 64.4 cm³/mol. The Morgan fingerprint density at radius 3 is 2.71 bits per heavy atom. The molecule has 0 unspecified atom stereocenters. The van der Waals surface area contributed by atoms with Crippen molar-refractivity contribution in [2.45, 2.75) is 20.3 Å². The molecule has 0 spiro atoms. The van der Waals surface area contributed by atoms with E-state index in [9.17, 15) is 4.79 Å². The maximum Gasteiger partial charge on any atom is 0.202 e. The van der Waals surface area contributed by atoms with Gasteiger partial charge in [0.25, 0.3) is 0 Å². The van der Waals surface area contributed by atoms with E-state index in [1.165, 1.54) is 6.26 Å². The second-order valence-corrected chi connectivity index (χ2v) is 4.37. The minimum Gasteiger partial charge on any atom is -0.461 e. The number of carbonyl (C=O) groups is 1. The van der Waals surface area contributed by atoms with Gasteiger partial charge in [-0.15, -0.1) is 0 Å². The fourth-order valence-corrected chi connectivity index (χ4v) is 2.02. The lowest BCUT2D eigenvalue weighted by Crippen LogP contribution is -2.04. The van der Waals surface area contributed by atoms with Crippen molar-refractivity contribution in [1.29, 1.82) is 0 Å². The summed E-state index contributed by atoms with van der Waals surface area (Å²) in [5.74, 6) is 0.315. The standard InChI is InChI=1S/C12H13ClN2O2/c1-7-4-5-17-11(7)10(16)6-9-8(2)14-15(3)12(9)13/h4-5H,6H2,1-3H3. The number of halogens is 1. The summed E-state index contributed by atoms with van der Waals surface area (Å²) in [5, 5.41) is 4.67. The lowest BCUT2D eigenvalue weighted by Gasteiger charge is -1.99. The molecule has 0 aliphatic carbocycles. The van der Waals surface area contributed by atoms with Gasteiger partial charge in [0, 0.05) is 19.0 Å². The first kappa shape index (κ1) is 11.9. The average Bonchev–Trinajstić information content (AvgIpc) is 2.78. The third kappa shape index (κ3) is 2.13. The molecular formula is C12H13ClN2O2. The summed E-state index contributed by atoms with van der Waals surface area (Å²) in [4.78, 5) is 12.0. The van der Waals surface area contributed by atoms with Gasteiger partial charge < -0.3 is 4.42 Å². The Morgan fingerprint density at radius 2 is 2.24 bits per heavy atom. The quantitative estimate of drug-likeness (QED) is 0.789. The molecule has 0 aliphatic heterocycles. The monoisotopic (exact) mass is 252 g/mol. The van der Waals surface area contributed by atoms with Gasteiger partial charge in [-0.2, -0.15) is 5.10 Å². The van der Waals surface area contributed by atoms with Gasteiger partial charge in [-0.25, -0.2) is 0 Å². The summed E-state index contributed by atoms with van der Waals surface area (Å²) >= 11 is 6.08. The SMILES string of the molecule is Cc1ccoc1C(=O)Cc1c(C)nn(C)c1Cl. The van der Waals surface area contributed by atoms with E-state index in [1.54, 1.807) is 17.8 Å². The average molecular weight is 253 g/mol. The molecule has 17 heavy (non-hydrogen) atoms. The van der Waals surface area contributed by atoms with Crippen LogP contribution in [0.5, 0.6) is 0 Å². The normalized spacial score (nSPS) is 10.8. The molecule has 0 bridgehead atoms. The molecule has 5 heteroatoms. The molecule has 2 heterocycles. The van der Waals surface area contributed by atoms with Gasteiger partial charge in [0.05, 0.1) is 12.0 Å². The Labute approximate surface area is 104 Å². The molecule has 0 aromatic carbocycles. The van der Waals surface area contributed by atoms with Crippen molar-refractivity contribution in [2.75, 3.05) is 0 Å². The van der Waals surface area contributed by atoms with Crippen LogP contribution in [0.3, 0.4) is 0 Å². The summed E-state index contributed by atoms with van der Waals surface area (Å²) in [6.45, 7) is 3.68. The fraction of sp³-hybridized carbons (Fsp3) is 0.333. The highest BCUT2D eigenvalue weighted by Gasteiger charge is 2.19. The molecule has 2 rings (SSSR count). The third-order valence-corrected chi connectivity index (χ3v) is 3.20. The Balaban J connectivity index is 2.28. The topological polar surface area (TPSA) is 48.0 Å². The van der Waals surface area contributed by atoms with Crippen molar-refractivity contribution < 1.29 is 9.21 Å². The van der Waals surface area contributed by atoms with Crippen LogP contribution in [0.1, 0.15) is 27.4 Å². The van der Waals surface area contributed by atoms with E-state index >= 15 is 0 Å². The van der Waals surface area contributed by atoms with Crippen molar-refractivity contribution >= 4 is 17.4 Å². The van der Waals surface area contributed by atoms with Crippen LogP contribution in [0.25, 0.3) is 0 Å². The van der Waals surface area contributed by atoms with Crippen LogP contribution in [0.2, 0.25) is 5.15 Å². The van der Waals surface area contributed by atoms with Crippen LogP contribution in [-0.4, -0.2) is 15.6 Å². The molecular weight excluding hydrogens is 240 g/mol. The van der Waals surface area contributed by atoms with Crippen molar-refractivity contribution in [1.82, 2.24) is 9.78 Å². The van der Waals surface area contributed by atoms with Gasteiger partial charge >= 0.3 is 0 Å². The van der Waals surface area contributed by atoms with Crippen LogP contribution in [0.4, 0.5) is 0 Å². The number of ketones is 1. The first-order chi connectivity index (χ1) is 8.00. The summed E-state index contributed by atoms with van der Waals surface area (Å²) in [6.07, 6.45) is 1.73. The predicted octanol–water partition coefficient (Wildman–Crippen LogP) is 2.71. The van der Waals surface area contributed by atoms with E-state index in [0.29, 0.717) is 10.9 Å². The zero-order valence-electron chi connectivity index (χ0n) is 9.95. The molecule has 0 fully saturated rings. The molecule has 4 nitrogen and oxygen atoms in total. The molecule has 0 atom stereocenters. The van der Waals surface area contributed by atoms with E-state index < -0.39 is 0 Å². The Kier molecular flexibility index (Phi) is 3.07. The van der Waals surface area contributed by atoms with Crippen molar-refractivity contribution in [3.05, 3.63) is 40.1 Å². The second kappa shape index (κ2) is 4.37. The molecule has 0 radical (unpaired) electrons. The van der Waals surface area contributed by atoms with E-state index in [1.807, 2.05) is 13.8 Å². The smallest absolute Gasteiger partial charge is 0.202 e. The second-order valence-electron chi connectivity index (χ2n) is 4.01. The first-order valence-electron chi connectivity index (χ1n) is 5.26. The summed E-state index contributed by atoms with van der Waals surface area (Å²) in [5.41, 5.74) is 2.37. The molecule has 2 aromatic rings. The highest BCUT2D eigenvalue weighted by Crippen LogP contribution is 2.21. The number of hydrogen-bond acceptors (Lipinski definition) is 3. The van der Waals surface area contributed by atoms with Crippen LogP contribution < -0.4 is 0 Å². The zero-order chi connectivity index (χ0) is 12.6. The number of carbonyl (C=O) groups excluding carboxylic acids is 1. The highest BCUT2D eigenvalue weighted by molar-refractivity contribution is 6.30. The molecule has 0 amide bonds. The summed E-state index contributed by atoms with van der Waals surface area (Å²) in [6, 6.07) is 1.77. The van der Waals surface area contributed by atoms with Gasteiger partial charge in [-0.1, -0.05) is 11.6 Å². The number of nitrogens with zero attached hydrogens (tertiary/aromatic N) is 2. The van der Waals surface area contributed by atoms with Crippen LogP contribution in [-0.2, 0) is 13.5 Å². The Bertz CT molecular complexity index is 569. The first-order valence-corrected chi connectivity index (χ1v) is 5.63. The maximum atomic E-state index is 12.0. The number of rotatable bonds is 3. The zero-order valence-corrected chi connectivity index (χ0v) is 10.7. The molecule has 2 aromatic heterocycles. The molecule has 90 valence electrons. The van der Waals surface area contributed by atoms with E-state index in [-0.39, 0.29) is 12.2 Å². The molecule has 0 saturated carbocycles. The number of hydrogen-bond donors (Lipinski definition) is 0. The summed E-state index contributed by atoms with van der Waals surface area (Å²) in [7, 11) is 1.75. The van der Waals surface area contributed by atoms with Crippen molar-refractivity contribution in [3.8, 4) is 0 Å². The van der Waals surface area contributed by atoms with E-state index in [4.69, 9.17) is 16.0 Å². The molecule has 0 saturated heterocycles. The lowest BCUT2D eigenvalue weighted by molar-refractivity contribution is 0.0965. The molecule has 0 aliphatic rings. The third-order valence-electron chi connectivity index (χ3n) is 2.72. The maximum absolute atomic E-state index is 12.0. The highest BCUT2D eigenvalue weighted by atomic mass is 35.5. The van der Waals surface area contributed by atoms with Gasteiger partial charge in [0.1, 0.15) is 5.15 Å². The molecule has 0 N–H and O–H groups in total.